The van der Waals surface area contributed by atoms with Gasteiger partial charge in [0.1, 0.15) is 16.4 Å². The molecule has 1 saturated heterocycles. The van der Waals surface area contributed by atoms with Crippen LogP contribution >= 0.6 is 11.3 Å². The molecule has 170 valence electrons. The molecule has 0 saturated carbocycles. The number of hydrogen-bond acceptors (Lipinski definition) is 8. The first-order valence-corrected chi connectivity index (χ1v) is 11.5. The van der Waals surface area contributed by atoms with Crippen molar-refractivity contribution in [1.29, 1.82) is 0 Å². The number of fused-ring (bicyclic) bond motifs is 1. The summed E-state index contributed by atoms with van der Waals surface area (Å²) in [5.74, 6) is 2.07. The SMILES string of the molecule is COc1cc2c(Oc3ccc(C4CCOCC4)cc3)c(C(=O)Nc3nn[nH]n3)sc2cc1C. The summed E-state index contributed by atoms with van der Waals surface area (Å²) in [7, 11) is 1.62. The van der Waals surface area contributed by atoms with Gasteiger partial charge in [0.25, 0.3) is 11.9 Å². The first-order chi connectivity index (χ1) is 16.1. The van der Waals surface area contributed by atoms with Gasteiger partial charge < -0.3 is 14.2 Å². The van der Waals surface area contributed by atoms with Crippen LogP contribution in [0.15, 0.2) is 36.4 Å². The summed E-state index contributed by atoms with van der Waals surface area (Å²) in [5, 5.41) is 16.9. The second-order valence-corrected chi connectivity index (χ2v) is 8.88. The molecule has 1 amide bonds. The molecule has 2 aromatic heterocycles. The number of anilines is 1. The van der Waals surface area contributed by atoms with E-state index in [0.29, 0.717) is 22.3 Å². The van der Waals surface area contributed by atoms with Crippen LogP contribution in [0.3, 0.4) is 0 Å². The van der Waals surface area contributed by atoms with Crippen LogP contribution in [-0.4, -0.2) is 46.9 Å². The molecule has 0 spiro atoms. The van der Waals surface area contributed by atoms with Gasteiger partial charge in [-0.25, -0.2) is 0 Å². The van der Waals surface area contributed by atoms with E-state index in [-0.39, 0.29) is 11.9 Å². The quantitative estimate of drug-likeness (QED) is 0.426. The Labute approximate surface area is 194 Å². The van der Waals surface area contributed by atoms with Crippen molar-refractivity contribution < 1.29 is 19.0 Å². The van der Waals surface area contributed by atoms with E-state index in [1.54, 1.807) is 7.11 Å². The molecule has 0 aliphatic carbocycles. The highest BCUT2D eigenvalue weighted by Crippen LogP contribution is 2.43. The Hall–Kier alpha value is -3.50. The summed E-state index contributed by atoms with van der Waals surface area (Å²) >= 11 is 1.34. The zero-order valence-electron chi connectivity index (χ0n) is 18.3. The molecule has 33 heavy (non-hydrogen) atoms. The maximum atomic E-state index is 13.0. The lowest BCUT2D eigenvalue weighted by Crippen LogP contribution is -2.14. The standard InChI is InChI=1S/C23H23N5O4S/c1-13-11-19-17(12-18(13)30-2)20(21(33-19)22(29)24-23-25-27-28-26-23)32-16-5-3-14(4-6-16)15-7-9-31-10-8-15/h3-6,11-12,15H,7-10H2,1-2H3,(H2,24,25,26,27,28,29). The van der Waals surface area contributed by atoms with Gasteiger partial charge in [0, 0.05) is 23.3 Å². The van der Waals surface area contributed by atoms with Crippen molar-refractivity contribution in [1.82, 2.24) is 20.6 Å². The van der Waals surface area contributed by atoms with Crippen molar-refractivity contribution in [2.75, 3.05) is 25.6 Å². The third-order valence-corrected chi connectivity index (χ3v) is 6.86. The molecular weight excluding hydrogens is 442 g/mol. The lowest BCUT2D eigenvalue weighted by Gasteiger charge is -2.22. The summed E-state index contributed by atoms with van der Waals surface area (Å²) in [4.78, 5) is 13.5. The molecule has 0 bridgehead atoms. The van der Waals surface area contributed by atoms with Crippen molar-refractivity contribution in [2.45, 2.75) is 25.7 Å². The number of methoxy groups -OCH3 is 1. The maximum absolute atomic E-state index is 13.0. The van der Waals surface area contributed by atoms with Gasteiger partial charge in [-0.3, -0.25) is 10.1 Å². The van der Waals surface area contributed by atoms with Gasteiger partial charge in [0.05, 0.1) is 7.11 Å². The summed E-state index contributed by atoms with van der Waals surface area (Å²) in [6.07, 6.45) is 2.05. The number of rotatable bonds is 6. The summed E-state index contributed by atoms with van der Waals surface area (Å²) in [6, 6.07) is 12.0. The second-order valence-electron chi connectivity index (χ2n) is 7.83. The van der Waals surface area contributed by atoms with Crippen molar-refractivity contribution >= 4 is 33.3 Å². The van der Waals surface area contributed by atoms with Gasteiger partial charge in [0.2, 0.25) is 0 Å². The molecule has 0 atom stereocenters. The van der Waals surface area contributed by atoms with Gasteiger partial charge in [-0.2, -0.15) is 5.21 Å². The number of thiophene rings is 1. The zero-order valence-corrected chi connectivity index (χ0v) is 19.1. The summed E-state index contributed by atoms with van der Waals surface area (Å²) in [5.41, 5.74) is 2.25. The highest BCUT2D eigenvalue weighted by atomic mass is 32.1. The number of tetrazole rings is 1. The molecule has 4 aromatic rings. The maximum Gasteiger partial charge on any atom is 0.272 e. The van der Waals surface area contributed by atoms with E-state index < -0.39 is 0 Å². The highest BCUT2D eigenvalue weighted by molar-refractivity contribution is 7.21. The van der Waals surface area contributed by atoms with E-state index in [2.05, 4.69) is 38.1 Å². The number of nitrogens with zero attached hydrogens (tertiary/aromatic N) is 3. The number of H-pyrrole nitrogens is 1. The molecule has 0 unspecified atom stereocenters. The topological polar surface area (TPSA) is 111 Å². The normalized spacial score (nSPS) is 14.4. The molecule has 0 radical (unpaired) electrons. The summed E-state index contributed by atoms with van der Waals surface area (Å²) in [6.45, 7) is 3.56. The molecular formula is C23H23N5O4S. The Bertz CT molecular complexity index is 1260. The van der Waals surface area contributed by atoms with Crippen LogP contribution in [0.5, 0.6) is 17.2 Å². The Kier molecular flexibility index (Phi) is 5.93. The predicted octanol–water partition coefficient (Wildman–Crippen LogP) is 4.67. The van der Waals surface area contributed by atoms with Gasteiger partial charge in [0.15, 0.2) is 5.75 Å². The molecule has 5 rings (SSSR count). The number of aromatic nitrogens is 4. The summed E-state index contributed by atoms with van der Waals surface area (Å²) < 4.78 is 18.2. The third-order valence-electron chi connectivity index (χ3n) is 5.73. The van der Waals surface area contributed by atoms with Crippen LogP contribution in [0.2, 0.25) is 0 Å². The number of carbonyl (C=O) groups is 1. The lowest BCUT2D eigenvalue weighted by atomic mass is 9.92. The average molecular weight is 466 g/mol. The molecule has 1 fully saturated rings. The fourth-order valence-corrected chi connectivity index (χ4v) is 5.11. The molecule has 2 N–H and O–H groups in total. The minimum absolute atomic E-state index is 0.0954. The number of aryl methyl sites for hydroxylation is 1. The number of benzene rings is 2. The third kappa shape index (κ3) is 4.39. The Morgan fingerprint density at radius 2 is 2.00 bits per heavy atom. The molecule has 9 nitrogen and oxygen atoms in total. The monoisotopic (exact) mass is 465 g/mol. The van der Waals surface area contributed by atoms with Crippen LogP contribution < -0.4 is 14.8 Å². The number of carbonyl (C=O) groups excluding carboxylic acids is 1. The first-order valence-electron chi connectivity index (χ1n) is 10.6. The minimum atomic E-state index is -0.372. The Morgan fingerprint density at radius 1 is 1.21 bits per heavy atom. The van der Waals surface area contributed by atoms with Crippen LogP contribution in [-0.2, 0) is 4.74 Å². The second kappa shape index (κ2) is 9.16. The number of amides is 1. The largest absolute Gasteiger partial charge is 0.496 e. The molecule has 10 heteroatoms. The van der Waals surface area contributed by atoms with Crippen LogP contribution in [0.1, 0.15) is 39.6 Å². The van der Waals surface area contributed by atoms with E-state index >= 15 is 0 Å². The fourth-order valence-electron chi connectivity index (χ4n) is 4.00. The smallest absolute Gasteiger partial charge is 0.272 e. The van der Waals surface area contributed by atoms with Crippen molar-refractivity contribution in [2.24, 2.45) is 0 Å². The van der Waals surface area contributed by atoms with E-state index in [1.165, 1.54) is 16.9 Å². The van der Waals surface area contributed by atoms with Gasteiger partial charge in [-0.15, -0.1) is 16.4 Å². The van der Waals surface area contributed by atoms with E-state index in [9.17, 15) is 4.79 Å². The zero-order chi connectivity index (χ0) is 22.8. The average Bonchev–Trinajstić information content (AvgIpc) is 3.47. The number of hydrogen-bond donors (Lipinski definition) is 2. The fraction of sp³-hybridized carbons (Fsp3) is 0.304. The Balaban J connectivity index is 1.50. The predicted molar refractivity (Wildman–Crippen MR) is 125 cm³/mol. The first kappa shape index (κ1) is 21.4. The number of aromatic amines is 1. The van der Waals surface area contributed by atoms with Crippen LogP contribution in [0.25, 0.3) is 10.1 Å². The molecule has 2 aromatic carbocycles. The Morgan fingerprint density at radius 3 is 2.70 bits per heavy atom. The molecule has 1 aliphatic heterocycles. The highest BCUT2D eigenvalue weighted by Gasteiger charge is 2.23. The minimum Gasteiger partial charge on any atom is -0.496 e. The van der Waals surface area contributed by atoms with Crippen LogP contribution in [0, 0.1) is 6.92 Å². The van der Waals surface area contributed by atoms with Gasteiger partial charge >= 0.3 is 0 Å². The van der Waals surface area contributed by atoms with Crippen molar-refractivity contribution in [3.63, 3.8) is 0 Å². The van der Waals surface area contributed by atoms with E-state index in [4.69, 9.17) is 14.2 Å². The van der Waals surface area contributed by atoms with Gasteiger partial charge in [-0.1, -0.05) is 17.2 Å². The molecule has 3 heterocycles. The molecule has 1 aliphatic rings. The van der Waals surface area contributed by atoms with E-state index in [0.717, 1.165) is 47.5 Å². The van der Waals surface area contributed by atoms with Crippen molar-refractivity contribution in [3.8, 4) is 17.2 Å². The lowest BCUT2D eigenvalue weighted by molar-refractivity contribution is 0.0853. The van der Waals surface area contributed by atoms with Crippen LogP contribution in [0.4, 0.5) is 5.95 Å². The number of nitrogens with one attached hydrogen (secondary N) is 2. The van der Waals surface area contributed by atoms with E-state index in [1.807, 2.05) is 31.2 Å². The number of ether oxygens (including phenoxy) is 3. The van der Waals surface area contributed by atoms with Gasteiger partial charge in [-0.05, 0) is 66.3 Å². The van der Waals surface area contributed by atoms with Crippen molar-refractivity contribution in [3.05, 3.63) is 52.4 Å².